The van der Waals surface area contributed by atoms with Gasteiger partial charge in [0.15, 0.2) is 0 Å². The minimum Gasteiger partial charge on any atom is -0.360 e. The van der Waals surface area contributed by atoms with Gasteiger partial charge in [-0.25, -0.2) is 4.39 Å². The van der Waals surface area contributed by atoms with E-state index in [9.17, 15) is 14.0 Å². The Morgan fingerprint density at radius 2 is 2.10 bits per heavy atom. The van der Waals surface area contributed by atoms with E-state index in [1.807, 2.05) is 25.1 Å². The minimum absolute atomic E-state index is 0.0846. The van der Waals surface area contributed by atoms with Crippen molar-refractivity contribution in [2.75, 3.05) is 16.8 Å². The average molecular weight is 425 g/mol. The highest BCUT2D eigenvalue weighted by molar-refractivity contribution is 7.98. The third-order valence-corrected chi connectivity index (χ3v) is 5.84. The molecule has 0 spiro atoms. The number of carbonyl (C=O) groups is 2. The highest BCUT2D eigenvalue weighted by atomic mass is 32.2. The van der Waals surface area contributed by atoms with Crippen LogP contribution in [0.4, 0.5) is 15.8 Å². The van der Waals surface area contributed by atoms with Crippen molar-refractivity contribution in [3.05, 3.63) is 71.4 Å². The van der Waals surface area contributed by atoms with Crippen LogP contribution in [0.3, 0.4) is 0 Å². The van der Waals surface area contributed by atoms with Crippen LogP contribution in [-0.2, 0) is 10.5 Å². The lowest BCUT2D eigenvalue weighted by molar-refractivity contribution is -0.117. The molecule has 4 rings (SSSR count). The molecule has 0 atom stereocenters. The molecule has 6 nitrogen and oxygen atoms in total. The Balaban J connectivity index is 1.47. The molecular formula is C22H20FN3O3S. The Morgan fingerprint density at radius 1 is 1.27 bits per heavy atom. The summed E-state index contributed by atoms with van der Waals surface area (Å²) in [6, 6.07) is 13.4. The standard InChI is InChI=1S/C22H20FN3O3S/c1-14-11-16(29-25-14)13-30-20-6-3-2-5-17(20)22(28)24-15-8-9-19(18(23)12-15)26-10-4-7-21(26)27/h2-3,5-6,8-9,11-12H,4,7,10,13H2,1H3,(H,24,28). The smallest absolute Gasteiger partial charge is 0.256 e. The number of hydrogen-bond acceptors (Lipinski definition) is 5. The number of aryl methyl sites for hydroxylation is 1. The summed E-state index contributed by atoms with van der Waals surface area (Å²) in [5.74, 6) is 0.307. The van der Waals surface area contributed by atoms with Gasteiger partial charge in [0.25, 0.3) is 5.91 Å². The van der Waals surface area contributed by atoms with Crippen molar-refractivity contribution in [3.63, 3.8) is 0 Å². The van der Waals surface area contributed by atoms with Crippen LogP contribution in [-0.4, -0.2) is 23.5 Å². The number of amides is 2. The van der Waals surface area contributed by atoms with E-state index in [4.69, 9.17) is 4.52 Å². The van der Waals surface area contributed by atoms with E-state index in [0.717, 1.165) is 22.8 Å². The normalized spacial score (nSPS) is 13.7. The molecule has 1 fully saturated rings. The SMILES string of the molecule is Cc1cc(CSc2ccccc2C(=O)Nc2ccc(N3CCCC3=O)c(F)c2)on1. The Morgan fingerprint density at radius 3 is 2.80 bits per heavy atom. The molecule has 1 aromatic heterocycles. The number of hydrogen-bond donors (Lipinski definition) is 1. The summed E-state index contributed by atoms with van der Waals surface area (Å²) < 4.78 is 19.8. The summed E-state index contributed by atoms with van der Waals surface area (Å²) >= 11 is 1.46. The predicted molar refractivity (Wildman–Crippen MR) is 113 cm³/mol. The van der Waals surface area contributed by atoms with E-state index < -0.39 is 5.82 Å². The van der Waals surface area contributed by atoms with Crippen molar-refractivity contribution in [2.24, 2.45) is 0 Å². The van der Waals surface area contributed by atoms with Gasteiger partial charge in [-0.3, -0.25) is 9.59 Å². The van der Waals surface area contributed by atoms with Crippen molar-refractivity contribution < 1.29 is 18.5 Å². The van der Waals surface area contributed by atoms with Gasteiger partial charge in [-0.1, -0.05) is 17.3 Å². The largest absolute Gasteiger partial charge is 0.360 e. The fraction of sp³-hybridized carbons (Fsp3) is 0.227. The molecule has 8 heteroatoms. The molecule has 30 heavy (non-hydrogen) atoms. The van der Waals surface area contributed by atoms with Gasteiger partial charge < -0.3 is 14.7 Å². The van der Waals surface area contributed by atoms with Crippen molar-refractivity contribution in [1.29, 1.82) is 0 Å². The van der Waals surface area contributed by atoms with Crippen LogP contribution in [0.25, 0.3) is 0 Å². The van der Waals surface area contributed by atoms with E-state index in [0.29, 0.717) is 30.0 Å². The molecular weight excluding hydrogens is 405 g/mol. The molecule has 1 saturated heterocycles. The second-order valence-electron chi connectivity index (χ2n) is 6.99. The lowest BCUT2D eigenvalue weighted by Crippen LogP contribution is -2.24. The van der Waals surface area contributed by atoms with Gasteiger partial charge in [-0.15, -0.1) is 11.8 Å². The first kappa shape index (κ1) is 20.2. The Hall–Kier alpha value is -3.13. The minimum atomic E-state index is -0.536. The number of anilines is 2. The molecule has 1 aliphatic heterocycles. The number of rotatable bonds is 6. The maximum Gasteiger partial charge on any atom is 0.256 e. The summed E-state index contributed by atoms with van der Waals surface area (Å²) in [5.41, 5.74) is 1.86. The first-order valence-corrected chi connectivity index (χ1v) is 10.5. The molecule has 0 aliphatic carbocycles. The molecule has 2 amide bonds. The van der Waals surface area contributed by atoms with E-state index in [1.54, 1.807) is 18.2 Å². The van der Waals surface area contributed by atoms with E-state index in [2.05, 4.69) is 10.5 Å². The van der Waals surface area contributed by atoms with Crippen LogP contribution in [0.5, 0.6) is 0 Å². The maximum atomic E-state index is 14.6. The lowest BCUT2D eigenvalue weighted by atomic mass is 10.2. The lowest BCUT2D eigenvalue weighted by Gasteiger charge is -2.17. The molecule has 3 aromatic rings. The van der Waals surface area contributed by atoms with Crippen molar-refractivity contribution in [1.82, 2.24) is 5.16 Å². The van der Waals surface area contributed by atoms with Crippen LogP contribution in [0.1, 0.15) is 34.7 Å². The summed E-state index contributed by atoms with van der Waals surface area (Å²) in [6.45, 7) is 2.36. The quantitative estimate of drug-likeness (QED) is 0.575. The van der Waals surface area contributed by atoms with Gasteiger partial charge in [0.05, 0.1) is 22.7 Å². The average Bonchev–Trinajstić information content (AvgIpc) is 3.34. The molecule has 1 N–H and O–H groups in total. The number of nitrogens with one attached hydrogen (secondary N) is 1. The predicted octanol–water partition coefficient (Wildman–Crippen LogP) is 4.79. The summed E-state index contributed by atoms with van der Waals surface area (Å²) in [7, 11) is 0. The molecule has 2 heterocycles. The highest BCUT2D eigenvalue weighted by Crippen LogP contribution is 2.29. The molecule has 0 saturated carbocycles. The number of carbonyl (C=O) groups excluding carboxylic acids is 2. The Bertz CT molecular complexity index is 1100. The zero-order chi connectivity index (χ0) is 21.1. The van der Waals surface area contributed by atoms with Crippen molar-refractivity contribution in [2.45, 2.75) is 30.4 Å². The topological polar surface area (TPSA) is 75.4 Å². The van der Waals surface area contributed by atoms with Crippen LogP contribution < -0.4 is 10.2 Å². The Kier molecular flexibility index (Phi) is 5.85. The van der Waals surface area contributed by atoms with E-state index >= 15 is 0 Å². The van der Waals surface area contributed by atoms with Crippen LogP contribution >= 0.6 is 11.8 Å². The first-order valence-electron chi connectivity index (χ1n) is 9.56. The fourth-order valence-electron chi connectivity index (χ4n) is 3.32. The summed E-state index contributed by atoms with van der Waals surface area (Å²) in [6.07, 6.45) is 1.15. The molecule has 0 bridgehead atoms. The number of halogens is 1. The summed E-state index contributed by atoms with van der Waals surface area (Å²) in [4.78, 5) is 26.9. The number of nitrogens with zero attached hydrogens (tertiary/aromatic N) is 2. The van der Waals surface area contributed by atoms with Crippen LogP contribution in [0, 0.1) is 12.7 Å². The highest BCUT2D eigenvalue weighted by Gasteiger charge is 2.24. The number of thioether (sulfide) groups is 1. The van der Waals surface area contributed by atoms with Gasteiger partial charge in [0, 0.05) is 29.6 Å². The van der Waals surface area contributed by atoms with E-state index in [1.165, 1.54) is 28.8 Å². The third kappa shape index (κ3) is 4.38. The zero-order valence-corrected chi connectivity index (χ0v) is 17.2. The van der Waals surface area contributed by atoms with Crippen LogP contribution in [0.15, 0.2) is 57.9 Å². The molecule has 0 unspecified atom stereocenters. The van der Waals surface area contributed by atoms with Gasteiger partial charge in [-0.2, -0.15) is 0 Å². The number of benzene rings is 2. The van der Waals surface area contributed by atoms with Crippen LogP contribution in [0.2, 0.25) is 0 Å². The van der Waals surface area contributed by atoms with Gasteiger partial charge >= 0.3 is 0 Å². The Labute approximate surface area is 177 Å². The molecule has 2 aromatic carbocycles. The van der Waals surface area contributed by atoms with Gasteiger partial charge in [0.2, 0.25) is 5.91 Å². The third-order valence-electron chi connectivity index (χ3n) is 4.75. The first-order chi connectivity index (χ1) is 14.5. The fourth-order valence-corrected chi connectivity index (χ4v) is 4.24. The molecule has 0 radical (unpaired) electrons. The van der Waals surface area contributed by atoms with Gasteiger partial charge in [-0.05, 0) is 43.7 Å². The van der Waals surface area contributed by atoms with Crippen molar-refractivity contribution in [3.8, 4) is 0 Å². The second-order valence-corrected chi connectivity index (χ2v) is 8.01. The molecule has 154 valence electrons. The monoisotopic (exact) mass is 425 g/mol. The maximum absolute atomic E-state index is 14.6. The molecule has 1 aliphatic rings. The van der Waals surface area contributed by atoms with Crippen molar-refractivity contribution >= 4 is 35.0 Å². The van der Waals surface area contributed by atoms with Gasteiger partial charge in [0.1, 0.15) is 11.6 Å². The zero-order valence-electron chi connectivity index (χ0n) is 16.4. The van der Waals surface area contributed by atoms with E-state index in [-0.39, 0.29) is 17.5 Å². The number of aromatic nitrogens is 1. The summed E-state index contributed by atoms with van der Waals surface area (Å²) in [5, 5.41) is 6.60. The second kappa shape index (κ2) is 8.71.